The van der Waals surface area contributed by atoms with Crippen LogP contribution in [0.15, 0.2) is 41.5 Å². The Hall–Kier alpha value is -1.81. The van der Waals surface area contributed by atoms with Gasteiger partial charge in [-0.1, -0.05) is 38.3 Å². The van der Waals surface area contributed by atoms with Crippen molar-refractivity contribution in [2.45, 2.75) is 51.7 Å². The lowest BCUT2D eigenvalue weighted by Crippen LogP contribution is -2.01. The van der Waals surface area contributed by atoms with Gasteiger partial charge in [0.2, 0.25) is 0 Å². The van der Waals surface area contributed by atoms with E-state index < -0.39 is 0 Å². The summed E-state index contributed by atoms with van der Waals surface area (Å²) < 4.78 is 0. The van der Waals surface area contributed by atoms with Crippen molar-refractivity contribution in [1.29, 1.82) is 0 Å². The van der Waals surface area contributed by atoms with E-state index in [0.717, 1.165) is 23.0 Å². The van der Waals surface area contributed by atoms with Gasteiger partial charge >= 0.3 is 0 Å². The van der Waals surface area contributed by atoms with Crippen LogP contribution in [0.4, 0.5) is 11.4 Å². The number of aliphatic imine (C=N–C) groups is 1. The molecule has 0 aliphatic rings. The number of nitrogens with one attached hydrogen (secondary N) is 1. The van der Waals surface area contributed by atoms with Crippen molar-refractivity contribution in [1.82, 2.24) is 4.98 Å². The fraction of sp³-hybridized carbons (Fsp3) is 0.429. The molecule has 25 heavy (non-hydrogen) atoms. The number of para-hydroxylation sites is 2. The van der Waals surface area contributed by atoms with E-state index in [4.69, 9.17) is 0 Å². The molecule has 2 aromatic rings. The van der Waals surface area contributed by atoms with Gasteiger partial charge in [-0.05, 0) is 55.8 Å². The Balaban J connectivity index is 1.83. The summed E-state index contributed by atoms with van der Waals surface area (Å²) in [5.74, 6) is 1.75. The summed E-state index contributed by atoms with van der Waals surface area (Å²) >= 11 is 1.84. The van der Waals surface area contributed by atoms with Crippen LogP contribution in [-0.4, -0.2) is 17.6 Å². The molecule has 134 valence electrons. The Morgan fingerprint density at radius 2 is 2.00 bits per heavy atom. The van der Waals surface area contributed by atoms with Crippen LogP contribution < -0.4 is 5.32 Å². The van der Waals surface area contributed by atoms with E-state index in [9.17, 15) is 0 Å². The fourth-order valence-corrected chi connectivity index (χ4v) is 3.66. The highest BCUT2D eigenvalue weighted by Crippen LogP contribution is 2.25. The zero-order valence-electron chi connectivity index (χ0n) is 15.4. The van der Waals surface area contributed by atoms with Gasteiger partial charge in [0.1, 0.15) is 0 Å². The number of hydrogen-bond donors (Lipinski definition) is 1. The van der Waals surface area contributed by atoms with E-state index in [1.807, 2.05) is 42.2 Å². The summed E-state index contributed by atoms with van der Waals surface area (Å²) in [5.41, 5.74) is 5.94. The Kier molecular flexibility index (Phi) is 8.53. The molecule has 0 fully saturated rings. The molecule has 1 aromatic carbocycles. The zero-order chi connectivity index (χ0) is 17.9. The van der Waals surface area contributed by atoms with Gasteiger partial charge in [-0.15, -0.1) is 11.8 Å². The first-order valence-corrected chi connectivity index (χ1v) is 10.2. The minimum Gasteiger partial charge on any atom is -0.374 e. The smallest absolute Gasteiger partial charge is 0.0853 e. The first-order chi connectivity index (χ1) is 12.3. The molecule has 0 radical (unpaired) electrons. The molecule has 0 aliphatic heterocycles. The quantitative estimate of drug-likeness (QED) is 0.298. The van der Waals surface area contributed by atoms with Crippen molar-refractivity contribution in [3.8, 4) is 0 Å². The Morgan fingerprint density at radius 1 is 1.16 bits per heavy atom. The molecule has 0 saturated heterocycles. The molecule has 0 spiro atoms. The number of unbranched alkanes of at least 4 members (excludes halogenated alkanes) is 3. The predicted molar refractivity (Wildman–Crippen MR) is 112 cm³/mol. The highest BCUT2D eigenvalue weighted by molar-refractivity contribution is 7.98. The van der Waals surface area contributed by atoms with Crippen molar-refractivity contribution in [2.75, 3.05) is 11.2 Å². The summed E-state index contributed by atoms with van der Waals surface area (Å²) in [4.78, 5) is 8.63. The molecule has 0 bridgehead atoms. The van der Waals surface area contributed by atoms with Gasteiger partial charge in [-0.2, -0.15) is 0 Å². The number of thioether (sulfide) groups is 1. The third kappa shape index (κ3) is 6.20. The number of aromatic nitrogens is 1. The van der Waals surface area contributed by atoms with Crippen LogP contribution in [0.3, 0.4) is 0 Å². The van der Waals surface area contributed by atoms with Crippen LogP contribution in [0.2, 0.25) is 0 Å². The minimum absolute atomic E-state index is 0.828. The van der Waals surface area contributed by atoms with Crippen LogP contribution in [0.5, 0.6) is 0 Å². The summed E-state index contributed by atoms with van der Waals surface area (Å²) in [6.45, 7) is 8.08. The molecule has 3 nitrogen and oxygen atoms in total. The highest BCUT2D eigenvalue weighted by atomic mass is 32.2. The van der Waals surface area contributed by atoms with E-state index in [2.05, 4.69) is 41.9 Å². The largest absolute Gasteiger partial charge is 0.374 e. The topological polar surface area (TPSA) is 37.3 Å². The number of hydrogen-bond acceptors (Lipinski definition) is 4. The first kappa shape index (κ1) is 19.5. The number of benzene rings is 1. The SMILES string of the molecule is C=Nc1ccccc1NCSCc1nccc(CCCCCC)c1C. The minimum atomic E-state index is 0.828. The molecule has 0 saturated carbocycles. The van der Waals surface area contributed by atoms with Crippen LogP contribution in [0, 0.1) is 6.92 Å². The molecule has 2 rings (SSSR count). The number of pyridine rings is 1. The maximum absolute atomic E-state index is 4.58. The number of nitrogens with zero attached hydrogens (tertiary/aromatic N) is 2. The standard InChI is InChI=1S/C21H29N3S/c1-4-5-6-7-10-18-13-14-23-21(17(18)2)15-25-16-24-20-12-9-8-11-19(20)22-3/h8-9,11-14,24H,3-7,10,15-16H2,1-2H3. The molecule has 1 heterocycles. The van der Waals surface area contributed by atoms with Crippen LogP contribution in [0.25, 0.3) is 0 Å². The van der Waals surface area contributed by atoms with E-state index in [0.29, 0.717) is 0 Å². The normalized spacial score (nSPS) is 10.6. The molecular weight excluding hydrogens is 326 g/mol. The Labute approximate surface area is 156 Å². The van der Waals surface area contributed by atoms with Crippen molar-refractivity contribution in [3.63, 3.8) is 0 Å². The van der Waals surface area contributed by atoms with E-state index in [-0.39, 0.29) is 0 Å². The average Bonchev–Trinajstić information content (AvgIpc) is 2.65. The lowest BCUT2D eigenvalue weighted by Gasteiger charge is -2.12. The lowest BCUT2D eigenvalue weighted by atomic mass is 10.0. The second-order valence-electron chi connectivity index (χ2n) is 6.20. The molecule has 0 aliphatic carbocycles. The van der Waals surface area contributed by atoms with Crippen LogP contribution in [0.1, 0.15) is 49.4 Å². The fourth-order valence-electron chi connectivity index (χ4n) is 2.82. The van der Waals surface area contributed by atoms with Crippen LogP contribution in [-0.2, 0) is 12.2 Å². The Bertz CT molecular complexity index is 670. The number of anilines is 1. The molecule has 1 N–H and O–H groups in total. The first-order valence-electron chi connectivity index (χ1n) is 9.07. The molecular formula is C21H29N3S. The second kappa shape index (κ2) is 10.9. The van der Waals surface area contributed by atoms with Gasteiger partial charge in [0.05, 0.1) is 22.9 Å². The zero-order valence-corrected chi connectivity index (χ0v) is 16.2. The molecule has 1 aromatic heterocycles. The van der Waals surface area contributed by atoms with Crippen molar-refractivity contribution < 1.29 is 0 Å². The highest BCUT2D eigenvalue weighted by Gasteiger charge is 2.06. The third-order valence-electron chi connectivity index (χ3n) is 4.40. The maximum Gasteiger partial charge on any atom is 0.0853 e. The van der Waals surface area contributed by atoms with Crippen molar-refractivity contribution in [3.05, 3.63) is 53.3 Å². The average molecular weight is 356 g/mol. The molecule has 0 amide bonds. The number of aryl methyl sites for hydroxylation is 1. The lowest BCUT2D eigenvalue weighted by molar-refractivity contribution is 0.665. The summed E-state index contributed by atoms with van der Waals surface area (Å²) in [5, 5.41) is 3.42. The summed E-state index contributed by atoms with van der Waals surface area (Å²) in [6.07, 6.45) is 8.35. The summed E-state index contributed by atoms with van der Waals surface area (Å²) in [7, 11) is 0. The summed E-state index contributed by atoms with van der Waals surface area (Å²) in [6, 6.07) is 10.2. The van der Waals surface area contributed by atoms with Gasteiger partial charge in [0.25, 0.3) is 0 Å². The van der Waals surface area contributed by atoms with Crippen molar-refractivity contribution in [2.24, 2.45) is 4.99 Å². The van der Waals surface area contributed by atoms with E-state index in [1.165, 1.54) is 48.9 Å². The Morgan fingerprint density at radius 3 is 2.80 bits per heavy atom. The van der Waals surface area contributed by atoms with Crippen LogP contribution >= 0.6 is 11.8 Å². The van der Waals surface area contributed by atoms with E-state index >= 15 is 0 Å². The van der Waals surface area contributed by atoms with Gasteiger partial charge in [0.15, 0.2) is 0 Å². The molecule has 0 atom stereocenters. The third-order valence-corrected chi connectivity index (χ3v) is 5.22. The maximum atomic E-state index is 4.58. The van der Waals surface area contributed by atoms with Gasteiger partial charge in [-0.3, -0.25) is 9.98 Å². The van der Waals surface area contributed by atoms with Gasteiger partial charge in [-0.25, -0.2) is 0 Å². The molecule has 0 unspecified atom stereocenters. The van der Waals surface area contributed by atoms with E-state index in [1.54, 1.807) is 0 Å². The van der Waals surface area contributed by atoms with Gasteiger partial charge < -0.3 is 5.32 Å². The molecule has 4 heteroatoms. The van der Waals surface area contributed by atoms with Gasteiger partial charge in [0, 0.05) is 11.9 Å². The predicted octanol–water partition coefficient (Wildman–Crippen LogP) is 6.15. The van der Waals surface area contributed by atoms with Crippen molar-refractivity contribution >= 4 is 29.9 Å². The number of rotatable bonds is 11. The monoisotopic (exact) mass is 355 g/mol. The second-order valence-corrected chi connectivity index (χ2v) is 7.18.